The maximum atomic E-state index is 11.8. The molecular formula is C17H24N2O2. The lowest BCUT2D eigenvalue weighted by Crippen LogP contribution is -2.36. The maximum Gasteiger partial charge on any atom is 0.313 e. The predicted molar refractivity (Wildman–Crippen MR) is 84.0 cm³/mol. The van der Waals surface area contributed by atoms with Crippen LogP contribution < -0.4 is 10.6 Å². The molecule has 1 aromatic rings. The normalized spacial score (nSPS) is 15.5. The SMILES string of the molecule is Cc1cccc(NC(=O)C(=O)NCCC2CCCCC2)c1. The number of aryl methyl sites for hydroxylation is 1. The van der Waals surface area contributed by atoms with E-state index in [1.807, 2.05) is 25.1 Å². The van der Waals surface area contributed by atoms with Gasteiger partial charge in [0, 0.05) is 12.2 Å². The number of hydrogen-bond acceptors (Lipinski definition) is 2. The molecule has 114 valence electrons. The van der Waals surface area contributed by atoms with Crippen molar-refractivity contribution < 1.29 is 9.59 Å². The van der Waals surface area contributed by atoms with Crippen LogP contribution in [0.5, 0.6) is 0 Å². The van der Waals surface area contributed by atoms with E-state index in [4.69, 9.17) is 0 Å². The van der Waals surface area contributed by atoms with Crippen LogP contribution in [0.1, 0.15) is 44.1 Å². The monoisotopic (exact) mass is 288 g/mol. The van der Waals surface area contributed by atoms with Gasteiger partial charge in [0.15, 0.2) is 0 Å². The first-order chi connectivity index (χ1) is 10.1. The van der Waals surface area contributed by atoms with Crippen LogP contribution in [-0.4, -0.2) is 18.4 Å². The minimum atomic E-state index is -0.593. The van der Waals surface area contributed by atoms with E-state index in [1.54, 1.807) is 6.07 Å². The Morgan fingerprint density at radius 3 is 2.62 bits per heavy atom. The lowest BCUT2D eigenvalue weighted by molar-refractivity contribution is -0.136. The van der Waals surface area contributed by atoms with Gasteiger partial charge in [-0.05, 0) is 37.0 Å². The summed E-state index contributed by atoms with van der Waals surface area (Å²) >= 11 is 0. The summed E-state index contributed by atoms with van der Waals surface area (Å²) in [6.07, 6.45) is 7.42. The number of hydrogen-bond donors (Lipinski definition) is 2. The van der Waals surface area contributed by atoms with E-state index in [0.29, 0.717) is 18.2 Å². The molecule has 0 spiro atoms. The minimum Gasteiger partial charge on any atom is -0.348 e. The van der Waals surface area contributed by atoms with Crippen LogP contribution in [0.3, 0.4) is 0 Å². The molecule has 0 heterocycles. The quantitative estimate of drug-likeness (QED) is 0.837. The highest BCUT2D eigenvalue weighted by atomic mass is 16.2. The highest BCUT2D eigenvalue weighted by molar-refractivity contribution is 6.39. The van der Waals surface area contributed by atoms with Crippen LogP contribution >= 0.6 is 0 Å². The molecule has 0 atom stereocenters. The fraction of sp³-hybridized carbons (Fsp3) is 0.529. The summed E-state index contributed by atoms with van der Waals surface area (Å²) in [5, 5.41) is 5.33. The highest BCUT2D eigenvalue weighted by Crippen LogP contribution is 2.25. The van der Waals surface area contributed by atoms with Crippen molar-refractivity contribution in [2.24, 2.45) is 5.92 Å². The molecule has 1 aliphatic rings. The maximum absolute atomic E-state index is 11.8. The van der Waals surface area contributed by atoms with Crippen LogP contribution in [-0.2, 0) is 9.59 Å². The third-order valence-electron chi connectivity index (χ3n) is 4.05. The third kappa shape index (κ3) is 5.21. The summed E-state index contributed by atoms with van der Waals surface area (Å²) in [5.74, 6) is -0.435. The van der Waals surface area contributed by atoms with Gasteiger partial charge in [-0.2, -0.15) is 0 Å². The van der Waals surface area contributed by atoms with Gasteiger partial charge in [0.05, 0.1) is 0 Å². The average molecular weight is 288 g/mol. The molecule has 21 heavy (non-hydrogen) atoms. The van der Waals surface area contributed by atoms with Crippen molar-refractivity contribution in [1.82, 2.24) is 5.32 Å². The zero-order valence-corrected chi connectivity index (χ0v) is 12.7. The first-order valence-corrected chi connectivity index (χ1v) is 7.81. The number of carbonyl (C=O) groups excluding carboxylic acids is 2. The molecule has 0 aliphatic heterocycles. The predicted octanol–water partition coefficient (Wildman–Crippen LogP) is 3.02. The summed E-state index contributed by atoms with van der Waals surface area (Å²) in [6.45, 7) is 2.53. The number of amides is 2. The second kappa shape index (κ2) is 7.81. The molecule has 2 rings (SSSR count). The van der Waals surface area contributed by atoms with Crippen molar-refractivity contribution in [3.05, 3.63) is 29.8 Å². The molecular weight excluding hydrogens is 264 g/mol. The van der Waals surface area contributed by atoms with E-state index >= 15 is 0 Å². The molecule has 1 aliphatic carbocycles. The van der Waals surface area contributed by atoms with Gasteiger partial charge in [0.25, 0.3) is 0 Å². The number of carbonyl (C=O) groups is 2. The molecule has 0 aromatic heterocycles. The van der Waals surface area contributed by atoms with Gasteiger partial charge in [-0.1, -0.05) is 44.2 Å². The average Bonchev–Trinajstić information content (AvgIpc) is 2.48. The van der Waals surface area contributed by atoms with Gasteiger partial charge in [-0.3, -0.25) is 9.59 Å². The molecule has 4 heteroatoms. The Kier molecular flexibility index (Phi) is 5.78. The zero-order valence-electron chi connectivity index (χ0n) is 12.7. The lowest BCUT2D eigenvalue weighted by atomic mass is 9.87. The Hall–Kier alpha value is -1.84. The van der Waals surface area contributed by atoms with Gasteiger partial charge in [-0.25, -0.2) is 0 Å². The molecule has 0 unspecified atom stereocenters. The van der Waals surface area contributed by atoms with E-state index in [2.05, 4.69) is 10.6 Å². The molecule has 4 nitrogen and oxygen atoms in total. The molecule has 0 saturated heterocycles. The van der Waals surface area contributed by atoms with Crippen LogP contribution in [0.25, 0.3) is 0 Å². The number of benzene rings is 1. The Morgan fingerprint density at radius 1 is 1.14 bits per heavy atom. The van der Waals surface area contributed by atoms with Gasteiger partial charge >= 0.3 is 11.8 Å². The molecule has 1 saturated carbocycles. The van der Waals surface area contributed by atoms with E-state index < -0.39 is 11.8 Å². The third-order valence-corrected chi connectivity index (χ3v) is 4.05. The van der Waals surface area contributed by atoms with Crippen molar-refractivity contribution >= 4 is 17.5 Å². The molecule has 0 bridgehead atoms. The minimum absolute atomic E-state index is 0.549. The summed E-state index contributed by atoms with van der Waals surface area (Å²) < 4.78 is 0. The standard InChI is InChI=1S/C17H24N2O2/c1-13-6-5-9-15(12-13)19-17(21)16(20)18-11-10-14-7-3-2-4-8-14/h5-6,9,12,14H,2-4,7-8,10-11H2,1H3,(H,18,20)(H,19,21). The van der Waals surface area contributed by atoms with Crippen LogP contribution in [0.15, 0.2) is 24.3 Å². The first kappa shape index (κ1) is 15.5. The summed E-state index contributed by atoms with van der Waals surface area (Å²) in [4.78, 5) is 23.5. The molecule has 1 aromatic carbocycles. The van der Waals surface area contributed by atoms with Gasteiger partial charge in [-0.15, -0.1) is 0 Å². The molecule has 2 N–H and O–H groups in total. The van der Waals surface area contributed by atoms with Crippen molar-refractivity contribution in [1.29, 1.82) is 0 Å². The molecule has 1 fully saturated rings. The van der Waals surface area contributed by atoms with E-state index in [1.165, 1.54) is 32.1 Å². The second-order valence-corrected chi connectivity index (χ2v) is 5.87. The second-order valence-electron chi connectivity index (χ2n) is 5.87. The smallest absolute Gasteiger partial charge is 0.313 e. The fourth-order valence-corrected chi connectivity index (χ4v) is 2.86. The van der Waals surface area contributed by atoms with Crippen molar-refractivity contribution in [2.45, 2.75) is 45.4 Å². The van der Waals surface area contributed by atoms with Crippen LogP contribution in [0.4, 0.5) is 5.69 Å². The van der Waals surface area contributed by atoms with E-state index in [9.17, 15) is 9.59 Å². The first-order valence-electron chi connectivity index (χ1n) is 7.81. The van der Waals surface area contributed by atoms with Crippen LogP contribution in [0.2, 0.25) is 0 Å². The van der Waals surface area contributed by atoms with E-state index in [-0.39, 0.29) is 0 Å². The Labute approximate surface area is 126 Å². The molecule has 2 amide bonds. The Balaban J connectivity index is 1.71. The summed E-state index contributed by atoms with van der Waals surface area (Å²) in [6, 6.07) is 7.42. The number of anilines is 1. The van der Waals surface area contributed by atoms with Gasteiger partial charge in [0.1, 0.15) is 0 Å². The van der Waals surface area contributed by atoms with Crippen molar-refractivity contribution in [3.8, 4) is 0 Å². The van der Waals surface area contributed by atoms with Gasteiger partial charge in [0.2, 0.25) is 0 Å². The van der Waals surface area contributed by atoms with Crippen molar-refractivity contribution in [3.63, 3.8) is 0 Å². The Morgan fingerprint density at radius 2 is 1.90 bits per heavy atom. The van der Waals surface area contributed by atoms with E-state index in [0.717, 1.165) is 12.0 Å². The summed E-state index contributed by atoms with van der Waals surface area (Å²) in [7, 11) is 0. The Bertz CT molecular complexity index is 493. The highest BCUT2D eigenvalue weighted by Gasteiger charge is 2.16. The number of nitrogens with one attached hydrogen (secondary N) is 2. The van der Waals surface area contributed by atoms with Gasteiger partial charge < -0.3 is 10.6 Å². The van der Waals surface area contributed by atoms with Crippen molar-refractivity contribution in [2.75, 3.05) is 11.9 Å². The number of rotatable bonds is 4. The topological polar surface area (TPSA) is 58.2 Å². The van der Waals surface area contributed by atoms with Crippen LogP contribution in [0, 0.1) is 12.8 Å². The molecule has 0 radical (unpaired) electrons. The fourth-order valence-electron chi connectivity index (χ4n) is 2.86. The summed E-state index contributed by atoms with van der Waals surface area (Å²) in [5.41, 5.74) is 1.70. The lowest BCUT2D eigenvalue weighted by Gasteiger charge is -2.21. The largest absolute Gasteiger partial charge is 0.348 e. The zero-order chi connectivity index (χ0) is 15.1.